The van der Waals surface area contributed by atoms with Gasteiger partial charge in [0.2, 0.25) is 0 Å². The third-order valence-electron chi connectivity index (χ3n) is 6.49. The van der Waals surface area contributed by atoms with Crippen LogP contribution in [0.5, 0.6) is 0 Å². The van der Waals surface area contributed by atoms with Gasteiger partial charge in [-0.25, -0.2) is 8.42 Å². The highest BCUT2D eigenvalue weighted by atomic mass is 32.2. The van der Waals surface area contributed by atoms with Crippen LogP contribution in [0.2, 0.25) is 0 Å². The first kappa shape index (κ1) is 33.3. The van der Waals surface area contributed by atoms with Crippen molar-refractivity contribution in [1.29, 1.82) is 0 Å². The van der Waals surface area contributed by atoms with Crippen molar-refractivity contribution in [3.63, 3.8) is 0 Å². The predicted octanol–water partition coefficient (Wildman–Crippen LogP) is 8.05. The molecule has 0 aliphatic carbocycles. The molecule has 0 aliphatic heterocycles. The van der Waals surface area contributed by atoms with Gasteiger partial charge in [-0.3, -0.25) is 0 Å². The molecule has 3 aromatic heterocycles. The Morgan fingerprint density at radius 1 is 0.732 bits per heavy atom. The minimum Gasteiger partial charge on any atom is -0.741 e. The zero-order valence-electron chi connectivity index (χ0n) is 25.8. The van der Waals surface area contributed by atoms with Gasteiger partial charge in [-0.05, 0) is 105 Å². The normalized spacial score (nSPS) is 14.0. The second kappa shape index (κ2) is 10.8. The molecule has 13 heteroatoms. The van der Waals surface area contributed by atoms with E-state index in [0.717, 1.165) is 0 Å². The van der Waals surface area contributed by atoms with Crippen LogP contribution in [0.4, 0.5) is 13.2 Å². The van der Waals surface area contributed by atoms with Crippen molar-refractivity contribution in [2.75, 3.05) is 0 Å². The second-order valence-electron chi connectivity index (χ2n) is 12.7. The SMILES string of the molecule is Cc1cc(C)c(-n2c[n+](-c3c(C)cc(C)cc3C)p3n(C(C)(C)C)p2n3C(C)(C)C)c(C)c1.O=S(=O)([O-])C(F)(F)F. The van der Waals surface area contributed by atoms with Gasteiger partial charge in [-0.2, -0.15) is 30.0 Å². The van der Waals surface area contributed by atoms with Gasteiger partial charge >= 0.3 is 21.1 Å². The summed E-state index contributed by atoms with van der Waals surface area (Å²) in [7, 11) is -7.38. The third-order valence-corrected chi connectivity index (χ3v) is 14.1. The molecule has 5 rings (SSSR count). The van der Waals surface area contributed by atoms with E-state index < -0.39 is 31.3 Å². The molecule has 7 nitrogen and oxygen atoms in total. The Morgan fingerprint density at radius 3 is 1.39 bits per heavy atom. The second-order valence-corrected chi connectivity index (χ2v) is 18.2. The van der Waals surface area contributed by atoms with Crippen molar-refractivity contribution < 1.29 is 30.5 Å². The Hall–Kier alpha value is -2.19. The summed E-state index contributed by atoms with van der Waals surface area (Å²) < 4.78 is 69.7. The highest BCUT2D eigenvalue weighted by Gasteiger charge is 2.42. The summed E-state index contributed by atoms with van der Waals surface area (Å²) in [6, 6.07) is 9.33. The van der Waals surface area contributed by atoms with Gasteiger partial charge in [0.15, 0.2) is 16.4 Å². The van der Waals surface area contributed by atoms with Gasteiger partial charge in [0, 0.05) is 0 Å². The van der Waals surface area contributed by atoms with Crippen LogP contribution in [0.3, 0.4) is 0 Å². The monoisotopic (exact) mass is 632 g/mol. The topological polar surface area (TPSA) is 75.9 Å². The fourth-order valence-electron chi connectivity index (χ4n) is 5.27. The molecule has 0 fully saturated rings. The van der Waals surface area contributed by atoms with E-state index in [0.29, 0.717) is 0 Å². The molecule has 41 heavy (non-hydrogen) atoms. The number of hydrogen-bond donors (Lipinski definition) is 0. The zero-order valence-corrected chi connectivity index (χ0v) is 28.4. The van der Waals surface area contributed by atoms with E-state index in [1.165, 1.54) is 44.8 Å². The first-order valence-corrected chi connectivity index (χ1v) is 17.0. The predicted molar refractivity (Wildman–Crippen MR) is 160 cm³/mol. The number of nitrogens with zero attached hydrogens (tertiary/aromatic N) is 4. The Balaban J connectivity index is 0.000000507. The average Bonchev–Trinajstić information content (AvgIpc) is 2.68. The van der Waals surface area contributed by atoms with E-state index in [1.54, 1.807) is 0 Å². The maximum atomic E-state index is 10.7. The van der Waals surface area contributed by atoms with Crippen LogP contribution >= 0.6 is 15.6 Å². The molecule has 0 atom stereocenters. The molecule has 0 unspecified atom stereocenters. The molecule has 0 amide bonds. The minimum atomic E-state index is -6.09. The number of fused-ring (bicyclic) bond motifs is 2. The molecule has 0 saturated heterocycles. The highest BCUT2D eigenvalue weighted by Crippen LogP contribution is 2.52. The molecule has 0 saturated carbocycles. The maximum absolute atomic E-state index is 10.7. The molecule has 0 N–H and O–H groups in total. The van der Waals surface area contributed by atoms with E-state index in [9.17, 15) is 13.2 Å². The Kier molecular flexibility index (Phi) is 8.79. The molecular formula is C28H41F3N4O3P2S. The molecule has 0 radical (unpaired) electrons. The first-order chi connectivity index (χ1) is 18.4. The van der Waals surface area contributed by atoms with Gasteiger partial charge in [0.1, 0.15) is 11.4 Å². The third kappa shape index (κ3) is 6.43. The van der Waals surface area contributed by atoms with Crippen LogP contribution in [0, 0.1) is 41.5 Å². The average molecular weight is 633 g/mol. The van der Waals surface area contributed by atoms with Crippen LogP contribution in [0.1, 0.15) is 74.9 Å². The molecule has 2 aromatic carbocycles. The number of hydrogen-bond acceptors (Lipinski definition) is 3. The van der Waals surface area contributed by atoms with Crippen molar-refractivity contribution in [3.05, 3.63) is 64.0 Å². The number of alkyl halides is 3. The lowest BCUT2D eigenvalue weighted by atomic mass is 10.1. The van der Waals surface area contributed by atoms with Crippen LogP contribution < -0.4 is 4.33 Å². The Bertz CT molecular complexity index is 1570. The van der Waals surface area contributed by atoms with Crippen LogP contribution in [0.25, 0.3) is 11.4 Å². The smallest absolute Gasteiger partial charge is 0.485 e. The minimum absolute atomic E-state index is 0.0724. The molecule has 5 aromatic rings. The van der Waals surface area contributed by atoms with E-state index in [2.05, 4.69) is 131 Å². The molecule has 3 heterocycles. The fourth-order valence-corrected chi connectivity index (χ4v) is 12.5. The summed E-state index contributed by atoms with van der Waals surface area (Å²) in [5.74, 6) is 0. The van der Waals surface area contributed by atoms with E-state index >= 15 is 0 Å². The number of halogens is 3. The lowest BCUT2D eigenvalue weighted by molar-refractivity contribution is -0.530. The molecule has 2 bridgehead atoms. The van der Waals surface area contributed by atoms with Crippen LogP contribution in [0.15, 0.2) is 30.6 Å². The van der Waals surface area contributed by atoms with Crippen molar-refractivity contribution in [3.8, 4) is 11.4 Å². The van der Waals surface area contributed by atoms with E-state index in [-0.39, 0.29) is 11.1 Å². The number of aryl methyl sites for hydroxylation is 6. The number of aromatic nitrogens is 4. The lowest BCUT2D eigenvalue weighted by Crippen LogP contribution is -2.44. The summed E-state index contributed by atoms with van der Waals surface area (Å²) in [6.45, 7) is 27.7. The van der Waals surface area contributed by atoms with Gasteiger partial charge in [-0.15, -0.1) is 0 Å². The summed E-state index contributed by atoms with van der Waals surface area (Å²) in [4.78, 5) is 0. The first-order valence-electron chi connectivity index (χ1n) is 13.2. The standard InChI is InChI=1S/C27H41N4P2.CHF3O3S/c1-18-13-20(3)24(21(4)14-18)28-17-29(25-22(5)15-19(2)16-23(25)6)33-30(26(7,8)9)32(28)31(33)27(10,11)12;2-1(3,4)8(5,6)7/h13-17H,1-12H3;(H,5,6,7)/q+1;/p-1. The largest absolute Gasteiger partial charge is 0.741 e. The van der Waals surface area contributed by atoms with Crippen LogP contribution in [-0.2, 0) is 21.2 Å². The molecule has 0 aliphatic rings. The van der Waals surface area contributed by atoms with E-state index in [4.69, 9.17) is 13.0 Å². The van der Waals surface area contributed by atoms with Crippen LogP contribution in [-0.4, -0.2) is 31.0 Å². The molecule has 0 spiro atoms. The van der Waals surface area contributed by atoms with Crippen molar-refractivity contribution in [1.82, 2.24) is 12.5 Å². The highest BCUT2D eigenvalue weighted by molar-refractivity contribution is 7.86. The Morgan fingerprint density at radius 2 is 1.07 bits per heavy atom. The summed E-state index contributed by atoms with van der Waals surface area (Å²) in [6.07, 6.45) is 2.44. The van der Waals surface area contributed by atoms with Gasteiger partial charge < -0.3 is 4.55 Å². The number of rotatable bonds is 2. The summed E-state index contributed by atoms with van der Waals surface area (Å²) in [5, 5.41) is 0. The van der Waals surface area contributed by atoms with Crippen molar-refractivity contribution in [2.45, 2.75) is 99.7 Å². The van der Waals surface area contributed by atoms with Crippen molar-refractivity contribution in [2.24, 2.45) is 0 Å². The fraction of sp³-hybridized carbons (Fsp3) is 0.536. The quantitative estimate of drug-likeness (QED) is 0.166. The summed E-state index contributed by atoms with van der Waals surface area (Å²) in [5.41, 5.74) is 5.28. The van der Waals surface area contributed by atoms with Gasteiger partial charge in [0.05, 0.1) is 11.1 Å². The maximum Gasteiger partial charge on any atom is 0.485 e. The molecular weight excluding hydrogens is 591 g/mol. The van der Waals surface area contributed by atoms with E-state index in [1.807, 2.05) is 0 Å². The Labute approximate surface area is 243 Å². The van der Waals surface area contributed by atoms with Gasteiger partial charge in [0.25, 0.3) is 0 Å². The number of benzene rings is 2. The zero-order chi connectivity index (χ0) is 31.6. The van der Waals surface area contributed by atoms with Gasteiger partial charge in [-0.1, -0.05) is 35.4 Å². The lowest BCUT2D eigenvalue weighted by Gasteiger charge is -2.36. The molecule has 228 valence electrons. The summed E-state index contributed by atoms with van der Waals surface area (Å²) >= 11 is 0. The van der Waals surface area contributed by atoms with Crippen molar-refractivity contribution >= 4 is 25.7 Å².